The first-order valence-electron chi connectivity index (χ1n) is 4.49. The molecule has 0 amide bonds. The van der Waals surface area contributed by atoms with E-state index in [1.54, 1.807) is 6.08 Å². The molecule has 1 nitrogen and oxygen atoms in total. The minimum Gasteiger partial charge on any atom is -0.407 e. The average Bonchev–Trinajstić information content (AvgIpc) is 1.99. The average molecular weight is 196 g/mol. The Morgan fingerprint density at radius 1 is 1.46 bits per heavy atom. The molecule has 0 aliphatic rings. The van der Waals surface area contributed by atoms with E-state index in [1.165, 1.54) is 0 Å². The van der Waals surface area contributed by atoms with Gasteiger partial charge in [0.25, 0.3) is 0 Å². The highest BCUT2D eigenvalue weighted by atomic mass is 28.4. The predicted octanol–water partition coefficient (Wildman–Crippen LogP) is 3.52. The quantitative estimate of drug-likeness (QED) is 0.466. The first-order valence-corrected chi connectivity index (χ1v) is 7.61. The minimum absolute atomic E-state index is 0.00150. The summed E-state index contributed by atoms with van der Waals surface area (Å²) in [5, 5.41) is 0. The molecule has 0 aliphatic carbocycles. The summed E-state index contributed by atoms with van der Waals surface area (Å²) in [7, 11) is -1.60. The van der Waals surface area contributed by atoms with E-state index in [9.17, 15) is 0 Å². The number of hydrogen-bond donors (Lipinski definition) is 0. The third kappa shape index (κ3) is 4.86. The van der Waals surface area contributed by atoms with Gasteiger partial charge in [-0.2, -0.15) is 0 Å². The molecule has 0 saturated carbocycles. The maximum Gasteiger partial charge on any atom is 0.191 e. The van der Waals surface area contributed by atoms with Gasteiger partial charge in [-0.05, 0) is 31.6 Å². The molecule has 1 atom stereocenters. The normalized spacial score (nSPS) is 13.5. The van der Waals surface area contributed by atoms with E-state index in [4.69, 9.17) is 4.43 Å². The van der Waals surface area contributed by atoms with Gasteiger partial charge in [-0.1, -0.05) is 18.7 Å². The highest BCUT2D eigenvalue weighted by Crippen LogP contribution is 2.17. The van der Waals surface area contributed by atoms with Gasteiger partial charge in [0.2, 0.25) is 0 Å². The molecule has 0 N–H and O–H groups in total. The number of hydrogen-bond acceptors (Lipinski definition) is 1. The van der Waals surface area contributed by atoms with Crippen molar-refractivity contribution < 1.29 is 4.43 Å². The molecule has 13 heavy (non-hydrogen) atoms. The summed E-state index contributed by atoms with van der Waals surface area (Å²) in [4.78, 5) is 0. The molecule has 0 aromatic rings. The topological polar surface area (TPSA) is 9.23 Å². The van der Waals surface area contributed by atoms with Gasteiger partial charge in [0.05, 0.1) is 6.10 Å². The van der Waals surface area contributed by atoms with E-state index in [2.05, 4.69) is 32.8 Å². The molecule has 0 spiro atoms. The van der Waals surface area contributed by atoms with Gasteiger partial charge in [0.1, 0.15) is 0 Å². The molecule has 1 unspecified atom stereocenters. The first kappa shape index (κ1) is 12.4. The fourth-order valence-corrected chi connectivity index (χ4v) is 2.87. The summed E-state index contributed by atoms with van der Waals surface area (Å²) in [6.45, 7) is 17.7. The lowest BCUT2D eigenvalue weighted by molar-refractivity contribution is 0.276. The van der Waals surface area contributed by atoms with Crippen LogP contribution in [0.2, 0.25) is 19.1 Å². The summed E-state index contributed by atoms with van der Waals surface area (Å²) in [5.41, 5.74) is 1.01. The van der Waals surface area contributed by atoms with Crippen molar-refractivity contribution in [3.05, 3.63) is 37.5 Å². The second-order valence-electron chi connectivity index (χ2n) is 3.87. The van der Waals surface area contributed by atoms with Gasteiger partial charge in [0, 0.05) is 0 Å². The van der Waals surface area contributed by atoms with Crippen LogP contribution in [0.15, 0.2) is 37.5 Å². The Balaban J connectivity index is 4.29. The largest absolute Gasteiger partial charge is 0.407 e. The predicted molar refractivity (Wildman–Crippen MR) is 62.4 cm³/mol. The molecule has 0 aromatic heterocycles. The monoisotopic (exact) mass is 196 g/mol. The van der Waals surface area contributed by atoms with Crippen molar-refractivity contribution in [1.29, 1.82) is 0 Å². The Morgan fingerprint density at radius 3 is 2.31 bits per heavy atom. The summed E-state index contributed by atoms with van der Waals surface area (Å²) < 4.78 is 5.94. The standard InChI is InChI=1S/C11H20OSi/c1-7-9-13(5,6)12-11(8-2)10(3)4/h7-8,11H,1-3,9H2,4-6H3. The smallest absolute Gasteiger partial charge is 0.191 e. The van der Waals surface area contributed by atoms with Crippen molar-refractivity contribution >= 4 is 8.32 Å². The molecule has 2 heteroatoms. The highest BCUT2D eigenvalue weighted by Gasteiger charge is 2.24. The fourth-order valence-electron chi connectivity index (χ4n) is 1.09. The van der Waals surface area contributed by atoms with Crippen LogP contribution in [-0.2, 0) is 4.43 Å². The summed E-state index contributed by atoms with van der Waals surface area (Å²) >= 11 is 0. The lowest BCUT2D eigenvalue weighted by atomic mass is 10.2. The van der Waals surface area contributed by atoms with Crippen molar-refractivity contribution in [2.24, 2.45) is 0 Å². The molecule has 0 heterocycles. The van der Waals surface area contributed by atoms with Crippen LogP contribution in [0.4, 0.5) is 0 Å². The van der Waals surface area contributed by atoms with Gasteiger partial charge >= 0.3 is 0 Å². The van der Waals surface area contributed by atoms with Crippen LogP contribution in [0.1, 0.15) is 6.92 Å². The molecular weight excluding hydrogens is 176 g/mol. The number of allylic oxidation sites excluding steroid dienone is 1. The molecule has 0 fully saturated rings. The van der Waals surface area contributed by atoms with E-state index >= 15 is 0 Å². The molecule has 0 saturated heterocycles. The summed E-state index contributed by atoms with van der Waals surface area (Å²) in [6, 6.07) is 0.963. The van der Waals surface area contributed by atoms with E-state index in [-0.39, 0.29) is 6.10 Å². The molecule has 0 radical (unpaired) electrons. The van der Waals surface area contributed by atoms with Crippen LogP contribution in [0, 0.1) is 0 Å². The van der Waals surface area contributed by atoms with Crippen LogP contribution < -0.4 is 0 Å². The van der Waals surface area contributed by atoms with Crippen molar-refractivity contribution in [1.82, 2.24) is 0 Å². The second kappa shape index (κ2) is 5.20. The van der Waals surface area contributed by atoms with Crippen LogP contribution in [0.25, 0.3) is 0 Å². The van der Waals surface area contributed by atoms with E-state index in [0.717, 1.165) is 11.6 Å². The molecule has 74 valence electrons. The zero-order valence-corrected chi connectivity index (χ0v) is 9.97. The van der Waals surface area contributed by atoms with E-state index < -0.39 is 8.32 Å². The maximum absolute atomic E-state index is 5.94. The fraction of sp³-hybridized carbons (Fsp3) is 0.455. The Kier molecular flexibility index (Phi) is 4.96. The minimum atomic E-state index is -1.60. The highest BCUT2D eigenvalue weighted by molar-refractivity contribution is 6.71. The lowest BCUT2D eigenvalue weighted by Gasteiger charge is -2.26. The van der Waals surface area contributed by atoms with E-state index in [0.29, 0.717) is 0 Å². The molecule has 0 rings (SSSR count). The Hall–Kier alpha value is -0.603. The van der Waals surface area contributed by atoms with Gasteiger partial charge < -0.3 is 4.43 Å². The van der Waals surface area contributed by atoms with E-state index in [1.807, 2.05) is 13.0 Å². The Bertz CT molecular complexity index is 206. The molecule has 0 aliphatic heterocycles. The first-order chi connectivity index (χ1) is 5.93. The van der Waals surface area contributed by atoms with Gasteiger partial charge in [-0.3, -0.25) is 0 Å². The third-order valence-electron chi connectivity index (χ3n) is 1.78. The zero-order valence-electron chi connectivity index (χ0n) is 8.97. The third-order valence-corrected chi connectivity index (χ3v) is 3.95. The van der Waals surface area contributed by atoms with Crippen molar-refractivity contribution in [2.75, 3.05) is 0 Å². The second-order valence-corrected chi connectivity index (χ2v) is 8.04. The van der Waals surface area contributed by atoms with Gasteiger partial charge in [-0.25, -0.2) is 0 Å². The van der Waals surface area contributed by atoms with Gasteiger partial charge in [0.15, 0.2) is 8.32 Å². The zero-order chi connectivity index (χ0) is 10.5. The van der Waals surface area contributed by atoms with Crippen molar-refractivity contribution in [3.63, 3.8) is 0 Å². The molecule has 0 bridgehead atoms. The lowest BCUT2D eigenvalue weighted by Crippen LogP contribution is -2.34. The van der Waals surface area contributed by atoms with Crippen molar-refractivity contribution in [2.45, 2.75) is 32.2 Å². The van der Waals surface area contributed by atoms with Crippen molar-refractivity contribution in [3.8, 4) is 0 Å². The van der Waals surface area contributed by atoms with Crippen LogP contribution in [-0.4, -0.2) is 14.4 Å². The van der Waals surface area contributed by atoms with Gasteiger partial charge in [-0.15, -0.1) is 13.2 Å². The summed E-state index contributed by atoms with van der Waals surface area (Å²) in [5.74, 6) is 0. The summed E-state index contributed by atoms with van der Waals surface area (Å²) in [6.07, 6.45) is 3.73. The van der Waals surface area contributed by atoms with Crippen LogP contribution in [0.5, 0.6) is 0 Å². The SMILES string of the molecule is C=CC[Si](C)(C)OC(C=C)C(=C)C. The number of rotatable bonds is 6. The maximum atomic E-state index is 5.94. The Labute approximate surface area is 82.9 Å². The van der Waals surface area contributed by atoms with Crippen LogP contribution in [0.3, 0.4) is 0 Å². The molecule has 0 aromatic carbocycles. The van der Waals surface area contributed by atoms with Crippen LogP contribution >= 0.6 is 0 Å². The Morgan fingerprint density at radius 2 is 2.00 bits per heavy atom. The molecular formula is C11H20OSi.